The Bertz CT molecular complexity index is 863. The smallest absolute Gasteiger partial charge is 0.229 e. The van der Waals surface area contributed by atoms with E-state index >= 15 is 0 Å². The maximum atomic E-state index is 12.6. The highest BCUT2D eigenvalue weighted by atomic mass is 16.5. The molecule has 140 valence electrons. The monoisotopic (exact) mass is 366 g/mol. The van der Waals surface area contributed by atoms with Crippen LogP contribution in [0.25, 0.3) is 0 Å². The minimum absolute atomic E-state index is 0.0401. The van der Waals surface area contributed by atoms with Gasteiger partial charge in [-0.05, 0) is 54.4 Å². The van der Waals surface area contributed by atoms with E-state index in [1.807, 2.05) is 49.4 Å². The summed E-state index contributed by atoms with van der Waals surface area (Å²) in [6, 6.07) is 13.2. The molecule has 1 N–H and O–H groups in total. The van der Waals surface area contributed by atoms with Crippen molar-refractivity contribution in [3.63, 3.8) is 0 Å². The van der Waals surface area contributed by atoms with E-state index in [0.717, 1.165) is 28.3 Å². The van der Waals surface area contributed by atoms with Crippen LogP contribution >= 0.6 is 0 Å². The third kappa shape index (κ3) is 3.66. The van der Waals surface area contributed by atoms with Crippen molar-refractivity contribution in [2.24, 2.45) is 5.92 Å². The summed E-state index contributed by atoms with van der Waals surface area (Å²) in [5.74, 6) is 0.230. The number of ether oxygens (including phenoxy) is 2. The fourth-order valence-corrected chi connectivity index (χ4v) is 3.52. The van der Waals surface area contributed by atoms with Crippen LogP contribution < -0.4 is 15.0 Å². The van der Waals surface area contributed by atoms with Crippen LogP contribution in [-0.2, 0) is 27.5 Å². The molecule has 0 unspecified atom stereocenters. The van der Waals surface area contributed by atoms with E-state index in [4.69, 9.17) is 9.47 Å². The lowest BCUT2D eigenvalue weighted by molar-refractivity contribution is -0.122. The molecule has 1 atom stereocenters. The first kappa shape index (κ1) is 17.5. The molecule has 2 amide bonds. The highest BCUT2D eigenvalue weighted by Crippen LogP contribution is 2.28. The van der Waals surface area contributed by atoms with E-state index in [9.17, 15) is 9.59 Å². The van der Waals surface area contributed by atoms with Crippen LogP contribution in [0.4, 0.5) is 11.4 Å². The number of hydrogen-bond acceptors (Lipinski definition) is 4. The van der Waals surface area contributed by atoms with Crippen LogP contribution in [0.2, 0.25) is 0 Å². The molecule has 2 aliphatic rings. The number of hydrogen-bond donors (Lipinski definition) is 1. The third-order valence-corrected chi connectivity index (χ3v) is 4.94. The highest BCUT2D eigenvalue weighted by molar-refractivity contribution is 6.03. The number of nitrogens with one attached hydrogen (secondary N) is 1. The Balaban J connectivity index is 1.41. The number of fused-ring (bicyclic) bond motifs is 1. The summed E-state index contributed by atoms with van der Waals surface area (Å²) in [5, 5.41) is 2.94. The van der Waals surface area contributed by atoms with Crippen LogP contribution in [0.1, 0.15) is 24.5 Å². The predicted octanol–water partition coefficient (Wildman–Crippen LogP) is 3.11. The van der Waals surface area contributed by atoms with Crippen molar-refractivity contribution in [3.8, 4) is 5.75 Å². The molecule has 6 heteroatoms. The Labute approximate surface area is 158 Å². The molecule has 27 heavy (non-hydrogen) atoms. The summed E-state index contributed by atoms with van der Waals surface area (Å²) in [6.45, 7) is 4.10. The van der Waals surface area contributed by atoms with Gasteiger partial charge in [-0.15, -0.1) is 0 Å². The maximum absolute atomic E-state index is 12.6. The lowest BCUT2D eigenvalue weighted by atomic mass is 10.1. The average Bonchev–Trinajstić information content (AvgIpc) is 3.29. The van der Waals surface area contributed by atoms with Crippen molar-refractivity contribution < 1.29 is 19.1 Å². The van der Waals surface area contributed by atoms with Crippen molar-refractivity contribution >= 4 is 23.2 Å². The molecule has 6 nitrogen and oxygen atoms in total. The molecule has 1 saturated heterocycles. The number of anilines is 2. The lowest BCUT2D eigenvalue weighted by Crippen LogP contribution is -2.28. The molecule has 0 aliphatic carbocycles. The zero-order chi connectivity index (χ0) is 18.8. The average molecular weight is 366 g/mol. The number of rotatable bonds is 5. The second kappa shape index (κ2) is 7.40. The third-order valence-electron chi connectivity index (χ3n) is 4.94. The van der Waals surface area contributed by atoms with Crippen molar-refractivity contribution in [2.75, 3.05) is 23.4 Å². The van der Waals surface area contributed by atoms with Crippen LogP contribution in [-0.4, -0.2) is 25.0 Å². The second-order valence-corrected chi connectivity index (χ2v) is 6.80. The summed E-state index contributed by atoms with van der Waals surface area (Å²) in [5.41, 5.74) is 3.79. The Morgan fingerprint density at radius 1 is 1.19 bits per heavy atom. The van der Waals surface area contributed by atoms with E-state index in [2.05, 4.69) is 5.32 Å². The zero-order valence-corrected chi connectivity index (χ0v) is 15.2. The van der Waals surface area contributed by atoms with E-state index in [0.29, 0.717) is 26.4 Å². The Hall–Kier alpha value is -2.86. The van der Waals surface area contributed by atoms with Gasteiger partial charge in [0.1, 0.15) is 5.75 Å². The first-order chi connectivity index (χ1) is 13.1. The molecule has 0 spiro atoms. The van der Waals surface area contributed by atoms with Crippen LogP contribution in [0.15, 0.2) is 42.5 Å². The van der Waals surface area contributed by atoms with Crippen LogP contribution in [0, 0.1) is 5.92 Å². The topological polar surface area (TPSA) is 67.9 Å². The number of carbonyl (C=O) groups is 2. The Kier molecular flexibility index (Phi) is 4.81. The molecule has 2 aromatic carbocycles. The van der Waals surface area contributed by atoms with Crippen molar-refractivity contribution in [1.29, 1.82) is 0 Å². The summed E-state index contributed by atoms with van der Waals surface area (Å²) < 4.78 is 10.8. The molecule has 0 bridgehead atoms. The van der Waals surface area contributed by atoms with Gasteiger partial charge in [0.05, 0.1) is 25.7 Å². The minimum Gasteiger partial charge on any atom is -0.494 e. The summed E-state index contributed by atoms with van der Waals surface area (Å²) in [6.07, 6.45) is 0.215. The van der Waals surface area contributed by atoms with E-state index in [-0.39, 0.29) is 24.2 Å². The molecule has 0 aromatic heterocycles. The van der Waals surface area contributed by atoms with Crippen molar-refractivity contribution in [3.05, 3.63) is 53.6 Å². The van der Waals surface area contributed by atoms with E-state index < -0.39 is 0 Å². The predicted molar refractivity (Wildman–Crippen MR) is 102 cm³/mol. The van der Waals surface area contributed by atoms with Gasteiger partial charge < -0.3 is 19.7 Å². The van der Waals surface area contributed by atoms with Gasteiger partial charge in [-0.25, -0.2) is 0 Å². The van der Waals surface area contributed by atoms with Gasteiger partial charge in [-0.3, -0.25) is 9.59 Å². The van der Waals surface area contributed by atoms with Gasteiger partial charge in [0.2, 0.25) is 11.8 Å². The standard InChI is InChI=1S/C21H22N2O4/c1-2-27-19-7-5-18(6-8-19)23-11-15(10-20(23)24)21(25)22-17-4-3-14-12-26-13-16(14)9-17/h3-9,15H,2,10-13H2,1H3,(H,22,25)/t15-/m1/s1. The maximum Gasteiger partial charge on any atom is 0.229 e. The largest absolute Gasteiger partial charge is 0.494 e. The molecular formula is C21H22N2O4. The Morgan fingerprint density at radius 2 is 1.96 bits per heavy atom. The number of amides is 2. The molecule has 1 fully saturated rings. The first-order valence-corrected chi connectivity index (χ1v) is 9.17. The van der Waals surface area contributed by atoms with Crippen molar-refractivity contribution in [2.45, 2.75) is 26.6 Å². The second-order valence-electron chi connectivity index (χ2n) is 6.80. The molecule has 2 aromatic rings. The van der Waals surface area contributed by atoms with Gasteiger partial charge in [-0.2, -0.15) is 0 Å². The van der Waals surface area contributed by atoms with Gasteiger partial charge in [0.15, 0.2) is 0 Å². The lowest BCUT2D eigenvalue weighted by Gasteiger charge is -2.17. The van der Waals surface area contributed by atoms with Gasteiger partial charge in [-0.1, -0.05) is 6.07 Å². The molecule has 0 radical (unpaired) electrons. The molecule has 2 aliphatic heterocycles. The number of benzene rings is 2. The quantitative estimate of drug-likeness (QED) is 0.883. The minimum atomic E-state index is -0.367. The fourth-order valence-electron chi connectivity index (χ4n) is 3.52. The van der Waals surface area contributed by atoms with Crippen molar-refractivity contribution in [1.82, 2.24) is 0 Å². The fraction of sp³-hybridized carbons (Fsp3) is 0.333. The van der Waals surface area contributed by atoms with Crippen LogP contribution in [0.3, 0.4) is 0 Å². The van der Waals surface area contributed by atoms with Gasteiger partial charge in [0, 0.05) is 24.3 Å². The Morgan fingerprint density at radius 3 is 2.74 bits per heavy atom. The summed E-state index contributed by atoms with van der Waals surface area (Å²) in [4.78, 5) is 26.7. The van der Waals surface area contributed by atoms with E-state index in [1.165, 1.54) is 0 Å². The molecule has 2 heterocycles. The molecular weight excluding hydrogens is 344 g/mol. The number of carbonyl (C=O) groups excluding carboxylic acids is 2. The zero-order valence-electron chi connectivity index (χ0n) is 15.2. The van der Waals surface area contributed by atoms with Gasteiger partial charge in [0.25, 0.3) is 0 Å². The summed E-state index contributed by atoms with van der Waals surface area (Å²) >= 11 is 0. The SMILES string of the molecule is CCOc1ccc(N2C[C@H](C(=O)Nc3ccc4c(c3)COC4)CC2=O)cc1. The van der Waals surface area contributed by atoms with E-state index in [1.54, 1.807) is 4.90 Å². The first-order valence-electron chi connectivity index (χ1n) is 9.17. The summed E-state index contributed by atoms with van der Waals surface area (Å²) in [7, 11) is 0. The number of nitrogens with zero attached hydrogens (tertiary/aromatic N) is 1. The molecule has 4 rings (SSSR count). The normalized spacial score (nSPS) is 18.5. The van der Waals surface area contributed by atoms with Crippen LogP contribution in [0.5, 0.6) is 5.75 Å². The van der Waals surface area contributed by atoms with Gasteiger partial charge >= 0.3 is 0 Å². The highest BCUT2D eigenvalue weighted by Gasteiger charge is 2.35. The molecule has 0 saturated carbocycles.